The highest BCUT2D eigenvalue weighted by molar-refractivity contribution is 5.76. The molecular weight excluding hydrogens is 228 g/mol. The Balaban J connectivity index is 1.53. The van der Waals surface area contributed by atoms with E-state index in [4.69, 9.17) is 4.74 Å². The van der Waals surface area contributed by atoms with Gasteiger partial charge in [0.2, 0.25) is 5.91 Å². The zero-order valence-electron chi connectivity index (χ0n) is 11.2. The summed E-state index contributed by atoms with van der Waals surface area (Å²) in [6.45, 7) is 2.65. The van der Waals surface area contributed by atoms with E-state index in [1.54, 1.807) is 0 Å². The molecular formula is C14H26N2O2. The maximum atomic E-state index is 11.7. The Labute approximate surface area is 110 Å². The van der Waals surface area contributed by atoms with E-state index in [9.17, 15) is 4.79 Å². The predicted octanol–water partition coefficient (Wildman–Crippen LogP) is 1.59. The van der Waals surface area contributed by atoms with Crippen LogP contribution in [-0.4, -0.2) is 37.7 Å². The smallest absolute Gasteiger partial charge is 0.222 e. The predicted molar refractivity (Wildman–Crippen MR) is 71.5 cm³/mol. The molecule has 1 heterocycles. The number of carbonyl (C=O) groups excluding carboxylic acids is 1. The van der Waals surface area contributed by atoms with Gasteiger partial charge in [0.05, 0.1) is 12.7 Å². The number of hydrogen-bond acceptors (Lipinski definition) is 3. The zero-order valence-corrected chi connectivity index (χ0v) is 11.2. The topological polar surface area (TPSA) is 50.4 Å². The van der Waals surface area contributed by atoms with Crippen molar-refractivity contribution < 1.29 is 9.53 Å². The van der Waals surface area contributed by atoms with Crippen molar-refractivity contribution in [2.75, 3.05) is 19.7 Å². The Bertz CT molecular complexity index is 246. The van der Waals surface area contributed by atoms with E-state index in [-0.39, 0.29) is 5.91 Å². The fourth-order valence-electron chi connectivity index (χ4n) is 2.83. The molecule has 0 spiro atoms. The van der Waals surface area contributed by atoms with Crippen LogP contribution in [0.1, 0.15) is 51.4 Å². The average molecular weight is 254 g/mol. The molecule has 4 nitrogen and oxygen atoms in total. The van der Waals surface area contributed by atoms with E-state index in [2.05, 4.69) is 10.6 Å². The number of rotatable bonds is 5. The van der Waals surface area contributed by atoms with Crippen LogP contribution in [0.25, 0.3) is 0 Å². The van der Waals surface area contributed by atoms with Crippen molar-refractivity contribution in [3.05, 3.63) is 0 Å². The summed E-state index contributed by atoms with van der Waals surface area (Å²) in [7, 11) is 0. The number of ether oxygens (including phenoxy) is 1. The fourth-order valence-corrected chi connectivity index (χ4v) is 2.83. The highest BCUT2D eigenvalue weighted by atomic mass is 16.5. The summed E-state index contributed by atoms with van der Waals surface area (Å²) in [5, 5.41) is 6.43. The highest BCUT2D eigenvalue weighted by Gasteiger charge is 2.16. The lowest BCUT2D eigenvalue weighted by atomic mass is 9.95. The van der Waals surface area contributed by atoms with Crippen molar-refractivity contribution in [1.82, 2.24) is 10.6 Å². The minimum absolute atomic E-state index is 0.163. The molecule has 1 aliphatic heterocycles. The van der Waals surface area contributed by atoms with Crippen molar-refractivity contribution in [1.29, 1.82) is 0 Å². The van der Waals surface area contributed by atoms with Gasteiger partial charge in [-0.25, -0.2) is 0 Å². The van der Waals surface area contributed by atoms with Crippen LogP contribution in [0, 0.1) is 0 Å². The Kier molecular flexibility index (Phi) is 5.94. The van der Waals surface area contributed by atoms with Gasteiger partial charge in [-0.1, -0.05) is 19.3 Å². The van der Waals surface area contributed by atoms with Crippen LogP contribution in [-0.2, 0) is 9.53 Å². The van der Waals surface area contributed by atoms with Crippen molar-refractivity contribution in [3.63, 3.8) is 0 Å². The zero-order chi connectivity index (χ0) is 12.6. The molecule has 1 saturated carbocycles. The van der Waals surface area contributed by atoms with E-state index in [0.717, 1.165) is 38.8 Å². The minimum atomic E-state index is 0.163. The second kappa shape index (κ2) is 7.74. The number of piperidine rings is 1. The molecule has 0 aromatic heterocycles. The third kappa shape index (κ3) is 4.94. The third-order valence-corrected chi connectivity index (χ3v) is 3.94. The van der Waals surface area contributed by atoms with E-state index in [0.29, 0.717) is 25.2 Å². The van der Waals surface area contributed by atoms with Crippen LogP contribution in [0.15, 0.2) is 0 Å². The summed E-state index contributed by atoms with van der Waals surface area (Å²) < 4.78 is 5.74. The van der Waals surface area contributed by atoms with Gasteiger partial charge in [0.25, 0.3) is 0 Å². The first-order valence-electron chi connectivity index (χ1n) is 7.46. The second-order valence-corrected chi connectivity index (χ2v) is 5.47. The molecule has 0 radical (unpaired) electrons. The summed E-state index contributed by atoms with van der Waals surface area (Å²) in [6, 6.07) is 0.421. The lowest BCUT2D eigenvalue weighted by Crippen LogP contribution is -2.37. The van der Waals surface area contributed by atoms with Gasteiger partial charge in [-0.3, -0.25) is 4.79 Å². The molecule has 18 heavy (non-hydrogen) atoms. The lowest BCUT2D eigenvalue weighted by molar-refractivity contribution is -0.123. The summed E-state index contributed by atoms with van der Waals surface area (Å²) in [6.07, 6.45) is 9.17. The molecule has 0 unspecified atom stereocenters. The molecule has 1 saturated heterocycles. The Morgan fingerprint density at radius 3 is 2.56 bits per heavy atom. The molecule has 1 amide bonds. The Morgan fingerprint density at radius 1 is 1.11 bits per heavy atom. The maximum Gasteiger partial charge on any atom is 0.222 e. The monoisotopic (exact) mass is 254 g/mol. The molecule has 2 fully saturated rings. The van der Waals surface area contributed by atoms with Gasteiger partial charge < -0.3 is 15.4 Å². The van der Waals surface area contributed by atoms with E-state index < -0.39 is 0 Å². The van der Waals surface area contributed by atoms with E-state index in [1.165, 1.54) is 19.3 Å². The summed E-state index contributed by atoms with van der Waals surface area (Å²) in [5.41, 5.74) is 0. The first kappa shape index (κ1) is 13.8. The Hall–Kier alpha value is -0.610. The first-order valence-corrected chi connectivity index (χ1v) is 7.46. The van der Waals surface area contributed by atoms with Gasteiger partial charge in [0.1, 0.15) is 0 Å². The van der Waals surface area contributed by atoms with E-state index in [1.807, 2.05) is 0 Å². The van der Waals surface area contributed by atoms with Gasteiger partial charge in [-0.05, 0) is 38.8 Å². The van der Waals surface area contributed by atoms with Gasteiger partial charge >= 0.3 is 0 Å². The quantitative estimate of drug-likeness (QED) is 0.783. The first-order chi connectivity index (χ1) is 8.84. The molecule has 104 valence electrons. The molecule has 4 heteroatoms. The van der Waals surface area contributed by atoms with Gasteiger partial charge in [-0.15, -0.1) is 0 Å². The lowest BCUT2D eigenvalue weighted by Gasteiger charge is -2.24. The van der Waals surface area contributed by atoms with Crippen LogP contribution in [0.5, 0.6) is 0 Å². The SMILES string of the molecule is O=C(CCOC1CCNCC1)NC1CCCCC1. The molecule has 2 rings (SSSR count). The van der Waals surface area contributed by atoms with Crippen LogP contribution in [0.2, 0.25) is 0 Å². The molecule has 1 aliphatic carbocycles. The number of nitrogens with one attached hydrogen (secondary N) is 2. The van der Waals surface area contributed by atoms with Crippen molar-refractivity contribution in [3.8, 4) is 0 Å². The van der Waals surface area contributed by atoms with Gasteiger partial charge in [0, 0.05) is 12.5 Å². The van der Waals surface area contributed by atoms with Crippen LogP contribution < -0.4 is 10.6 Å². The van der Waals surface area contributed by atoms with Crippen LogP contribution >= 0.6 is 0 Å². The number of carbonyl (C=O) groups is 1. The van der Waals surface area contributed by atoms with Crippen LogP contribution in [0.4, 0.5) is 0 Å². The highest BCUT2D eigenvalue weighted by Crippen LogP contribution is 2.17. The van der Waals surface area contributed by atoms with Crippen LogP contribution in [0.3, 0.4) is 0 Å². The van der Waals surface area contributed by atoms with Gasteiger partial charge in [0.15, 0.2) is 0 Å². The summed E-state index contributed by atoms with van der Waals surface area (Å²) in [4.78, 5) is 11.7. The standard InChI is InChI=1S/C14H26N2O2/c17-14(16-12-4-2-1-3-5-12)8-11-18-13-6-9-15-10-7-13/h12-13,15H,1-11H2,(H,16,17). The second-order valence-electron chi connectivity index (χ2n) is 5.47. The molecule has 0 aromatic rings. The van der Waals surface area contributed by atoms with Crippen molar-refractivity contribution in [2.24, 2.45) is 0 Å². The minimum Gasteiger partial charge on any atom is -0.378 e. The fraction of sp³-hybridized carbons (Fsp3) is 0.929. The van der Waals surface area contributed by atoms with Gasteiger partial charge in [-0.2, -0.15) is 0 Å². The normalized spacial score (nSPS) is 22.9. The number of amides is 1. The van der Waals surface area contributed by atoms with Crippen molar-refractivity contribution in [2.45, 2.75) is 63.5 Å². The molecule has 0 bridgehead atoms. The third-order valence-electron chi connectivity index (χ3n) is 3.94. The summed E-state index contributed by atoms with van der Waals surface area (Å²) in [5.74, 6) is 0.163. The van der Waals surface area contributed by atoms with Crippen molar-refractivity contribution >= 4 is 5.91 Å². The molecule has 0 aromatic carbocycles. The molecule has 2 N–H and O–H groups in total. The van der Waals surface area contributed by atoms with E-state index >= 15 is 0 Å². The largest absolute Gasteiger partial charge is 0.378 e. The number of hydrogen-bond donors (Lipinski definition) is 2. The molecule has 0 atom stereocenters. The maximum absolute atomic E-state index is 11.7. The Morgan fingerprint density at radius 2 is 1.83 bits per heavy atom. The summed E-state index contributed by atoms with van der Waals surface area (Å²) >= 11 is 0. The molecule has 2 aliphatic rings. The average Bonchev–Trinajstić information content (AvgIpc) is 2.41.